The number of carbonyl (C=O) groups is 1. The van der Waals surface area contributed by atoms with Crippen molar-refractivity contribution in [1.82, 2.24) is 0 Å². The fourth-order valence-electron chi connectivity index (χ4n) is 2.81. The van der Waals surface area contributed by atoms with Gasteiger partial charge >= 0.3 is 6.18 Å². The molecule has 23 heavy (non-hydrogen) atoms. The lowest BCUT2D eigenvalue weighted by Crippen LogP contribution is -3.16. The Kier molecular flexibility index (Phi) is 5.54. The standard InChI is InChI=1S/C15H18ClF3N2O2/c1-9-6-21(7-10(2)23-9)8-14(22)20-13-4-3-11(16)5-12(13)15(17,18)19/h3-5,9-10H,6-8H2,1-2H3,(H,20,22)/p+1/t9-,10-/m0/s1. The van der Waals surface area contributed by atoms with Crippen LogP contribution in [0.4, 0.5) is 18.9 Å². The maximum Gasteiger partial charge on any atom is 0.418 e. The van der Waals surface area contributed by atoms with E-state index in [-0.39, 0.29) is 29.5 Å². The summed E-state index contributed by atoms with van der Waals surface area (Å²) in [5, 5.41) is 2.31. The Morgan fingerprint density at radius 2 is 1.96 bits per heavy atom. The molecule has 0 bridgehead atoms. The zero-order valence-electron chi connectivity index (χ0n) is 12.8. The third-order valence-corrected chi connectivity index (χ3v) is 3.82. The number of anilines is 1. The minimum absolute atomic E-state index is 0.0165. The molecule has 2 N–H and O–H groups in total. The van der Waals surface area contributed by atoms with Gasteiger partial charge in [-0.2, -0.15) is 13.2 Å². The van der Waals surface area contributed by atoms with Gasteiger partial charge in [0.25, 0.3) is 5.91 Å². The quantitative estimate of drug-likeness (QED) is 0.874. The number of morpholine rings is 1. The molecule has 1 saturated heterocycles. The van der Waals surface area contributed by atoms with E-state index in [0.717, 1.165) is 11.0 Å². The van der Waals surface area contributed by atoms with Gasteiger partial charge in [0.2, 0.25) is 0 Å². The predicted octanol–water partition coefficient (Wildman–Crippen LogP) is 1.99. The van der Waals surface area contributed by atoms with Gasteiger partial charge in [-0.25, -0.2) is 0 Å². The second-order valence-corrected chi connectivity index (χ2v) is 6.26. The number of hydrogen-bond donors (Lipinski definition) is 2. The Labute approximate surface area is 137 Å². The minimum atomic E-state index is -4.58. The van der Waals surface area contributed by atoms with E-state index < -0.39 is 17.6 Å². The highest BCUT2D eigenvalue weighted by atomic mass is 35.5. The summed E-state index contributed by atoms with van der Waals surface area (Å²) in [4.78, 5) is 13.1. The summed E-state index contributed by atoms with van der Waals surface area (Å²) < 4.78 is 44.6. The molecule has 1 aromatic carbocycles. The third-order valence-electron chi connectivity index (χ3n) is 3.59. The summed E-state index contributed by atoms with van der Waals surface area (Å²) in [5.74, 6) is -0.464. The van der Waals surface area contributed by atoms with E-state index in [9.17, 15) is 18.0 Å². The van der Waals surface area contributed by atoms with Crippen LogP contribution in [0.2, 0.25) is 5.02 Å². The molecule has 0 saturated carbocycles. The van der Waals surface area contributed by atoms with Crippen molar-refractivity contribution in [2.75, 3.05) is 25.0 Å². The van der Waals surface area contributed by atoms with Gasteiger partial charge in [0.1, 0.15) is 25.3 Å². The topological polar surface area (TPSA) is 42.8 Å². The van der Waals surface area contributed by atoms with E-state index in [4.69, 9.17) is 16.3 Å². The van der Waals surface area contributed by atoms with Crippen LogP contribution in [-0.2, 0) is 15.7 Å². The van der Waals surface area contributed by atoms with E-state index in [1.165, 1.54) is 12.1 Å². The maximum absolute atomic E-state index is 13.0. The molecule has 0 spiro atoms. The molecular weight excluding hydrogens is 333 g/mol. The van der Waals surface area contributed by atoms with Gasteiger partial charge in [-0.15, -0.1) is 0 Å². The van der Waals surface area contributed by atoms with Crippen molar-refractivity contribution >= 4 is 23.2 Å². The monoisotopic (exact) mass is 351 g/mol. The summed E-state index contributed by atoms with van der Waals surface area (Å²) >= 11 is 5.62. The smallest absolute Gasteiger partial charge is 0.364 e. The van der Waals surface area contributed by atoms with E-state index in [1.54, 1.807) is 0 Å². The Hall–Kier alpha value is -1.31. The van der Waals surface area contributed by atoms with E-state index in [1.807, 2.05) is 13.8 Å². The molecule has 128 valence electrons. The average molecular weight is 352 g/mol. The lowest BCUT2D eigenvalue weighted by molar-refractivity contribution is -0.907. The van der Waals surface area contributed by atoms with Crippen LogP contribution in [0.15, 0.2) is 18.2 Å². The number of rotatable bonds is 3. The number of alkyl halides is 3. The third kappa shape index (κ3) is 5.09. The molecule has 0 unspecified atom stereocenters. The van der Waals surface area contributed by atoms with E-state index in [2.05, 4.69) is 5.32 Å². The molecule has 2 atom stereocenters. The Morgan fingerprint density at radius 1 is 1.35 bits per heavy atom. The van der Waals surface area contributed by atoms with Crippen molar-refractivity contribution in [3.8, 4) is 0 Å². The number of amides is 1. The molecule has 0 radical (unpaired) electrons. The summed E-state index contributed by atoms with van der Waals surface area (Å²) in [6.45, 7) is 5.20. The van der Waals surface area contributed by atoms with Crippen LogP contribution in [0.25, 0.3) is 0 Å². The molecule has 4 nitrogen and oxygen atoms in total. The fourth-order valence-corrected chi connectivity index (χ4v) is 2.99. The first-order valence-corrected chi connectivity index (χ1v) is 7.68. The molecule has 0 aliphatic carbocycles. The molecule has 2 rings (SSSR count). The number of hydrogen-bond acceptors (Lipinski definition) is 2. The zero-order valence-corrected chi connectivity index (χ0v) is 13.6. The number of benzene rings is 1. The van der Waals surface area contributed by atoms with Gasteiger partial charge in [-0.3, -0.25) is 4.79 Å². The lowest BCUT2D eigenvalue weighted by atomic mass is 10.1. The average Bonchev–Trinajstić information content (AvgIpc) is 2.38. The molecule has 1 aliphatic rings. The first kappa shape index (κ1) is 18.0. The first-order chi connectivity index (χ1) is 10.6. The molecular formula is C15H19ClF3N2O2+. The molecule has 1 heterocycles. The summed E-state index contributed by atoms with van der Waals surface area (Å²) in [7, 11) is 0. The summed E-state index contributed by atoms with van der Waals surface area (Å²) in [6.07, 6.45) is -4.55. The van der Waals surface area contributed by atoms with Crippen LogP contribution < -0.4 is 10.2 Å². The van der Waals surface area contributed by atoms with Crippen molar-refractivity contribution in [2.45, 2.75) is 32.2 Å². The summed E-state index contributed by atoms with van der Waals surface area (Å²) in [5.41, 5.74) is -1.22. The number of quaternary nitrogens is 1. The van der Waals surface area contributed by atoms with Crippen LogP contribution in [0.1, 0.15) is 19.4 Å². The molecule has 1 aromatic rings. The van der Waals surface area contributed by atoms with Crippen molar-refractivity contribution in [3.05, 3.63) is 28.8 Å². The fraction of sp³-hybridized carbons (Fsp3) is 0.533. The number of ether oxygens (including phenoxy) is 1. The van der Waals surface area contributed by atoms with E-state index in [0.29, 0.717) is 13.1 Å². The van der Waals surface area contributed by atoms with Crippen LogP contribution in [-0.4, -0.2) is 37.7 Å². The molecule has 1 fully saturated rings. The highest BCUT2D eigenvalue weighted by Crippen LogP contribution is 2.36. The van der Waals surface area contributed by atoms with Crippen molar-refractivity contribution in [2.24, 2.45) is 0 Å². The Bertz CT molecular complexity index is 570. The zero-order chi connectivity index (χ0) is 17.2. The van der Waals surface area contributed by atoms with Crippen molar-refractivity contribution < 1.29 is 27.6 Å². The number of nitrogens with one attached hydrogen (secondary N) is 2. The molecule has 0 aromatic heterocycles. The van der Waals surface area contributed by atoms with Gasteiger partial charge in [0.15, 0.2) is 6.54 Å². The first-order valence-electron chi connectivity index (χ1n) is 7.30. The second-order valence-electron chi connectivity index (χ2n) is 5.83. The predicted molar refractivity (Wildman–Crippen MR) is 80.7 cm³/mol. The highest BCUT2D eigenvalue weighted by Gasteiger charge is 2.34. The van der Waals surface area contributed by atoms with Gasteiger partial charge in [0.05, 0.1) is 11.3 Å². The van der Waals surface area contributed by atoms with Crippen molar-refractivity contribution in [3.63, 3.8) is 0 Å². The van der Waals surface area contributed by atoms with Gasteiger partial charge in [0, 0.05) is 5.02 Å². The maximum atomic E-state index is 13.0. The van der Waals surface area contributed by atoms with Crippen LogP contribution in [0, 0.1) is 0 Å². The normalized spacial score (nSPS) is 25.2. The molecule has 1 aliphatic heterocycles. The van der Waals surface area contributed by atoms with Crippen LogP contribution in [0.5, 0.6) is 0 Å². The second kappa shape index (κ2) is 7.07. The van der Waals surface area contributed by atoms with Gasteiger partial charge < -0.3 is 15.0 Å². The van der Waals surface area contributed by atoms with Gasteiger partial charge in [-0.05, 0) is 32.0 Å². The largest absolute Gasteiger partial charge is 0.418 e. The molecule has 8 heteroatoms. The van der Waals surface area contributed by atoms with Crippen LogP contribution in [0.3, 0.4) is 0 Å². The molecule has 1 amide bonds. The van der Waals surface area contributed by atoms with Gasteiger partial charge in [-0.1, -0.05) is 11.6 Å². The number of halogens is 4. The highest BCUT2D eigenvalue weighted by molar-refractivity contribution is 6.30. The summed E-state index contributed by atoms with van der Waals surface area (Å²) in [6, 6.07) is 3.30. The van der Waals surface area contributed by atoms with E-state index >= 15 is 0 Å². The Balaban J connectivity index is 2.06. The Morgan fingerprint density at radius 3 is 2.52 bits per heavy atom. The SMILES string of the molecule is C[C@H]1C[NH+](CC(=O)Nc2ccc(Cl)cc2C(F)(F)F)C[C@H](C)O1. The number of carbonyl (C=O) groups excluding carboxylic acids is 1. The minimum Gasteiger partial charge on any atom is -0.364 e. The van der Waals surface area contributed by atoms with Crippen molar-refractivity contribution in [1.29, 1.82) is 0 Å². The lowest BCUT2D eigenvalue weighted by Gasteiger charge is -2.32. The van der Waals surface area contributed by atoms with Crippen LogP contribution >= 0.6 is 11.6 Å².